The quantitative estimate of drug-likeness (QED) is 0.467. The number of piperidine rings is 1. The van der Waals surface area contributed by atoms with Crippen molar-refractivity contribution in [2.24, 2.45) is 11.8 Å². The average molecular weight is 502 g/mol. The monoisotopic (exact) mass is 501 g/mol. The first-order valence-corrected chi connectivity index (χ1v) is 12.6. The molecule has 196 valence electrons. The molecule has 10 heteroatoms. The number of ether oxygens (including phenoxy) is 1. The molecule has 1 aromatic rings. The smallest absolute Gasteiger partial charge is 0.411 e. The zero-order valence-corrected chi connectivity index (χ0v) is 21.1. The molecule has 1 aliphatic carbocycles. The highest BCUT2D eigenvalue weighted by Gasteiger charge is 2.51. The van der Waals surface area contributed by atoms with Crippen molar-refractivity contribution >= 4 is 23.9 Å². The van der Waals surface area contributed by atoms with Gasteiger partial charge in [-0.15, -0.1) is 5.06 Å². The van der Waals surface area contributed by atoms with E-state index in [1.807, 2.05) is 30.3 Å². The van der Waals surface area contributed by atoms with Crippen LogP contribution >= 0.6 is 0 Å². The summed E-state index contributed by atoms with van der Waals surface area (Å²) in [4.78, 5) is 64.0. The van der Waals surface area contributed by atoms with Gasteiger partial charge in [0, 0.05) is 6.54 Å². The summed E-state index contributed by atoms with van der Waals surface area (Å²) >= 11 is 0. The van der Waals surface area contributed by atoms with E-state index in [2.05, 4.69) is 5.48 Å². The third-order valence-corrected chi connectivity index (χ3v) is 6.80. The van der Waals surface area contributed by atoms with Crippen LogP contribution in [0.1, 0.15) is 64.9 Å². The molecule has 2 unspecified atom stereocenters. The molecule has 2 aliphatic heterocycles. The number of benzene rings is 1. The van der Waals surface area contributed by atoms with Gasteiger partial charge < -0.3 is 9.57 Å². The van der Waals surface area contributed by atoms with Crippen LogP contribution < -0.4 is 5.48 Å². The fraction of sp³-hybridized carbons (Fsp3) is 0.615. The zero-order chi connectivity index (χ0) is 25.9. The van der Waals surface area contributed by atoms with Crippen LogP contribution in [0, 0.1) is 11.8 Å². The maximum atomic E-state index is 13.2. The Morgan fingerprint density at radius 1 is 0.972 bits per heavy atom. The summed E-state index contributed by atoms with van der Waals surface area (Å²) in [5.41, 5.74) is 3.20. The Bertz CT molecular complexity index is 953. The SMILES string of the molecule is CC(C)(C)OC(=O)N1C[C@H](NOCc2ccccc2)CC[C@H]1C(=O)ON1C(=O)C2CCCCC2C1=O. The third kappa shape index (κ3) is 6.04. The van der Waals surface area contributed by atoms with Gasteiger partial charge in [0.15, 0.2) is 0 Å². The van der Waals surface area contributed by atoms with Crippen molar-refractivity contribution in [3.8, 4) is 0 Å². The molecule has 1 N–H and O–H groups in total. The Kier molecular flexibility index (Phi) is 7.94. The van der Waals surface area contributed by atoms with Gasteiger partial charge in [-0.2, -0.15) is 5.48 Å². The maximum Gasteiger partial charge on any atom is 0.411 e. The van der Waals surface area contributed by atoms with Gasteiger partial charge in [-0.25, -0.2) is 9.59 Å². The topological polar surface area (TPSA) is 114 Å². The number of rotatable bonds is 6. The van der Waals surface area contributed by atoms with Gasteiger partial charge in [0.25, 0.3) is 11.8 Å². The number of nitrogens with zero attached hydrogens (tertiary/aromatic N) is 2. The molecule has 0 aromatic heterocycles. The number of amides is 3. The number of fused-ring (bicyclic) bond motifs is 1. The van der Waals surface area contributed by atoms with Crippen molar-refractivity contribution in [1.29, 1.82) is 0 Å². The van der Waals surface area contributed by atoms with Crippen LogP contribution in [0.25, 0.3) is 0 Å². The number of imide groups is 1. The van der Waals surface area contributed by atoms with Crippen LogP contribution in [0.5, 0.6) is 0 Å². The van der Waals surface area contributed by atoms with Crippen molar-refractivity contribution < 1.29 is 33.6 Å². The van der Waals surface area contributed by atoms with Crippen molar-refractivity contribution in [2.75, 3.05) is 6.54 Å². The molecule has 1 saturated carbocycles. The first-order valence-electron chi connectivity index (χ1n) is 12.6. The van der Waals surface area contributed by atoms with Gasteiger partial charge in [-0.05, 0) is 52.0 Å². The van der Waals surface area contributed by atoms with E-state index in [0.29, 0.717) is 30.9 Å². The summed E-state index contributed by atoms with van der Waals surface area (Å²) in [6, 6.07) is 8.41. The molecule has 36 heavy (non-hydrogen) atoms. The summed E-state index contributed by atoms with van der Waals surface area (Å²) < 4.78 is 5.53. The van der Waals surface area contributed by atoms with E-state index in [9.17, 15) is 19.2 Å². The number of hydrogen-bond donors (Lipinski definition) is 1. The van der Waals surface area contributed by atoms with Gasteiger partial charge >= 0.3 is 12.1 Å². The molecule has 10 nitrogen and oxygen atoms in total. The Hall–Kier alpha value is -2.98. The maximum absolute atomic E-state index is 13.2. The van der Waals surface area contributed by atoms with E-state index in [-0.39, 0.29) is 19.0 Å². The van der Waals surface area contributed by atoms with E-state index in [1.165, 1.54) is 4.90 Å². The normalized spacial score (nSPS) is 26.5. The van der Waals surface area contributed by atoms with Gasteiger partial charge in [-0.3, -0.25) is 19.3 Å². The number of hydrogen-bond acceptors (Lipinski definition) is 8. The van der Waals surface area contributed by atoms with Crippen LogP contribution in [-0.4, -0.2) is 58.1 Å². The Labute approximate surface area is 211 Å². The summed E-state index contributed by atoms with van der Waals surface area (Å²) in [5.74, 6) is -2.60. The molecule has 1 aromatic carbocycles. The van der Waals surface area contributed by atoms with Crippen molar-refractivity contribution in [1.82, 2.24) is 15.4 Å². The van der Waals surface area contributed by atoms with Crippen molar-refractivity contribution in [3.05, 3.63) is 35.9 Å². The van der Waals surface area contributed by atoms with E-state index in [4.69, 9.17) is 14.4 Å². The number of carbonyl (C=O) groups is 4. The molecule has 2 heterocycles. The molecule has 0 bridgehead atoms. The van der Waals surface area contributed by atoms with Crippen LogP contribution in [0.4, 0.5) is 4.79 Å². The lowest BCUT2D eigenvalue weighted by molar-refractivity contribution is -0.203. The molecule has 0 spiro atoms. The number of likely N-dealkylation sites (tertiary alicyclic amines) is 1. The second-order valence-corrected chi connectivity index (χ2v) is 10.7. The van der Waals surface area contributed by atoms with Gasteiger partial charge in [0.1, 0.15) is 11.6 Å². The third-order valence-electron chi connectivity index (χ3n) is 6.80. The largest absolute Gasteiger partial charge is 0.444 e. The van der Waals surface area contributed by atoms with E-state index < -0.39 is 47.4 Å². The minimum atomic E-state index is -0.991. The highest BCUT2D eigenvalue weighted by Crippen LogP contribution is 2.38. The predicted molar refractivity (Wildman–Crippen MR) is 128 cm³/mol. The van der Waals surface area contributed by atoms with Gasteiger partial charge in [-0.1, -0.05) is 43.2 Å². The highest BCUT2D eigenvalue weighted by atomic mass is 16.7. The number of hydroxylamine groups is 3. The van der Waals surface area contributed by atoms with E-state index >= 15 is 0 Å². The summed E-state index contributed by atoms with van der Waals surface area (Å²) in [6.45, 7) is 5.70. The standard InChI is InChI=1S/C26H35N3O7/c1-26(2,3)35-25(33)28-15-18(27-34-16-17-9-5-4-6-10-17)13-14-21(28)24(32)36-29-22(30)19-11-7-8-12-20(19)23(29)31/h4-6,9-10,18-21,27H,7-8,11-16H2,1-3H3/t18-,19?,20?,21+/m1/s1. The second kappa shape index (κ2) is 11.0. The molecule has 2 saturated heterocycles. The summed E-state index contributed by atoms with van der Waals surface area (Å²) in [5, 5.41) is 0.629. The molecule has 3 fully saturated rings. The first-order chi connectivity index (χ1) is 17.1. The number of carbonyl (C=O) groups excluding carboxylic acids is 4. The molecule has 0 radical (unpaired) electrons. The van der Waals surface area contributed by atoms with Gasteiger partial charge in [0.2, 0.25) is 0 Å². The highest BCUT2D eigenvalue weighted by molar-refractivity contribution is 6.05. The minimum absolute atomic E-state index is 0.136. The minimum Gasteiger partial charge on any atom is -0.444 e. The molecular formula is C26H35N3O7. The van der Waals surface area contributed by atoms with Gasteiger partial charge in [0.05, 0.1) is 24.5 Å². The molecule has 3 amide bonds. The van der Waals surface area contributed by atoms with E-state index in [0.717, 1.165) is 18.4 Å². The molecule has 4 atom stereocenters. The number of nitrogens with one attached hydrogen (secondary N) is 1. The lowest BCUT2D eigenvalue weighted by Crippen LogP contribution is -2.57. The molecule has 3 aliphatic rings. The lowest BCUT2D eigenvalue weighted by atomic mass is 9.81. The Balaban J connectivity index is 1.41. The van der Waals surface area contributed by atoms with Crippen LogP contribution in [0.3, 0.4) is 0 Å². The van der Waals surface area contributed by atoms with Crippen LogP contribution in [0.2, 0.25) is 0 Å². The van der Waals surface area contributed by atoms with E-state index in [1.54, 1.807) is 20.8 Å². The fourth-order valence-corrected chi connectivity index (χ4v) is 5.02. The summed E-state index contributed by atoms with van der Waals surface area (Å²) in [6.07, 6.45) is 3.08. The van der Waals surface area contributed by atoms with Crippen LogP contribution in [0.15, 0.2) is 30.3 Å². The van der Waals surface area contributed by atoms with Crippen molar-refractivity contribution in [3.63, 3.8) is 0 Å². The summed E-state index contributed by atoms with van der Waals surface area (Å²) in [7, 11) is 0. The Morgan fingerprint density at radius 2 is 1.61 bits per heavy atom. The average Bonchev–Trinajstić information content (AvgIpc) is 3.08. The fourth-order valence-electron chi connectivity index (χ4n) is 5.02. The lowest BCUT2D eigenvalue weighted by Gasteiger charge is -2.38. The van der Waals surface area contributed by atoms with Crippen molar-refractivity contribution in [2.45, 2.75) is 83.6 Å². The second-order valence-electron chi connectivity index (χ2n) is 10.7. The molecular weight excluding hydrogens is 466 g/mol. The Morgan fingerprint density at radius 3 is 2.22 bits per heavy atom. The first kappa shape index (κ1) is 26.1. The predicted octanol–water partition coefficient (Wildman–Crippen LogP) is 3.11. The van der Waals surface area contributed by atoms with Crippen LogP contribution in [-0.2, 0) is 35.4 Å². The zero-order valence-electron chi connectivity index (χ0n) is 21.1. The molecule has 4 rings (SSSR count).